The van der Waals surface area contributed by atoms with Crippen LogP contribution >= 0.6 is 22.9 Å². The number of carbonyl (C=O) groups excluding carboxylic acids is 1. The fraction of sp³-hybridized carbons (Fsp3) is 0.333. The third-order valence-electron chi connectivity index (χ3n) is 3.87. The smallest absolute Gasteiger partial charge is 0.174 e. The van der Waals surface area contributed by atoms with E-state index in [9.17, 15) is 4.79 Å². The molecule has 1 saturated carbocycles. The molecule has 1 heterocycles. The Labute approximate surface area is 139 Å². The molecule has 0 unspecified atom stereocenters. The largest absolute Gasteiger partial charge is 0.293 e. The molecule has 3 rings (SSSR count). The number of aromatic nitrogens is 1. The summed E-state index contributed by atoms with van der Waals surface area (Å²) < 4.78 is 0. The van der Waals surface area contributed by atoms with Crippen molar-refractivity contribution in [3.05, 3.63) is 50.9 Å². The minimum Gasteiger partial charge on any atom is -0.293 e. The van der Waals surface area contributed by atoms with Gasteiger partial charge in [-0.2, -0.15) is 0 Å². The number of nitrogens with zero attached hydrogens (tertiary/aromatic N) is 1. The van der Waals surface area contributed by atoms with Gasteiger partial charge in [-0.1, -0.05) is 49.3 Å². The van der Waals surface area contributed by atoms with Crippen molar-refractivity contribution in [2.45, 2.75) is 32.1 Å². The number of thiazole rings is 1. The van der Waals surface area contributed by atoms with Gasteiger partial charge in [0.1, 0.15) is 0 Å². The number of hydrogen-bond donors (Lipinski definition) is 0. The number of Topliss-reactive ketones (excluding diaryl/α,β-unsaturated/α-hetero) is 1. The first-order chi connectivity index (χ1) is 10.7. The average Bonchev–Trinajstić information content (AvgIpc) is 3.16. The minimum absolute atomic E-state index is 0.209. The van der Waals surface area contributed by atoms with Gasteiger partial charge >= 0.3 is 0 Å². The molecule has 0 bridgehead atoms. The maximum atomic E-state index is 12.2. The molecule has 22 heavy (non-hydrogen) atoms. The molecule has 0 N–H and O–H groups in total. The molecule has 1 aliphatic rings. The highest BCUT2D eigenvalue weighted by molar-refractivity contribution is 7.14. The van der Waals surface area contributed by atoms with Crippen molar-refractivity contribution in [3.63, 3.8) is 0 Å². The van der Waals surface area contributed by atoms with Gasteiger partial charge in [-0.05, 0) is 30.0 Å². The van der Waals surface area contributed by atoms with E-state index in [4.69, 9.17) is 11.6 Å². The van der Waals surface area contributed by atoms with E-state index in [1.807, 2.05) is 24.3 Å². The molecule has 0 radical (unpaired) electrons. The predicted molar refractivity (Wildman–Crippen MR) is 90.5 cm³/mol. The zero-order chi connectivity index (χ0) is 15.4. The lowest BCUT2D eigenvalue weighted by Gasteiger charge is -2.05. The Morgan fingerprint density at radius 1 is 1.32 bits per heavy atom. The lowest BCUT2D eigenvalue weighted by molar-refractivity contribution is 0.0966. The molecule has 0 spiro atoms. The average molecular weight is 330 g/mol. The normalized spacial score (nSPS) is 14.6. The number of hydrogen-bond acceptors (Lipinski definition) is 3. The van der Waals surface area contributed by atoms with Crippen LogP contribution in [0, 0.1) is 17.8 Å². The standard InChI is InChI=1S/C18H16ClNOS/c19-15-7-3-6-14(10-15)8-9-18-20-12-17(22-18)16(21)11-13-4-1-2-5-13/h3,6-7,10,12-13H,1-2,4-5,11H2. The summed E-state index contributed by atoms with van der Waals surface area (Å²) >= 11 is 7.31. The van der Waals surface area contributed by atoms with Gasteiger partial charge < -0.3 is 0 Å². The fourth-order valence-electron chi connectivity index (χ4n) is 2.73. The van der Waals surface area contributed by atoms with Gasteiger partial charge in [-0.15, -0.1) is 11.3 Å². The molecule has 2 nitrogen and oxygen atoms in total. The second-order valence-corrected chi connectivity index (χ2v) is 7.03. The van der Waals surface area contributed by atoms with Crippen LogP contribution in [-0.2, 0) is 0 Å². The molecule has 4 heteroatoms. The van der Waals surface area contributed by atoms with Crippen LogP contribution in [0.5, 0.6) is 0 Å². The summed E-state index contributed by atoms with van der Waals surface area (Å²) in [6.45, 7) is 0. The third kappa shape index (κ3) is 3.97. The summed E-state index contributed by atoms with van der Waals surface area (Å²) in [5, 5.41) is 1.34. The van der Waals surface area contributed by atoms with Gasteiger partial charge in [-0.3, -0.25) is 4.79 Å². The summed E-state index contributed by atoms with van der Waals surface area (Å²) in [7, 11) is 0. The van der Waals surface area contributed by atoms with Crippen molar-refractivity contribution < 1.29 is 4.79 Å². The van der Waals surface area contributed by atoms with E-state index in [0.717, 1.165) is 10.4 Å². The molecule has 1 fully saturated rings. The molecule has 112 valence electrons. The van der Waals surface area contributed by atoms with E-state index in [-0.39, 0.29) is 5.78 Å². The molecule has 0 saturated heterocycles. The highest BCUT2D eigenvalue weighted by Gasteiger charge is 2.20. The Hall–Kier alpha value is -1.63. The third-order valence-corrected chi connectivity index (χ3v) is 5.06. The van der Waals surface area contributed by atoms with E-state index >= 15 is 0 Å². The van der Waals surface area contributed by atoms with Crippen LogP contribution in [0.2, 0.25) is 5.02 Å². The zero-order valence-corrected chi connectivity index (χ0v) is 13.7. The number of ketones is 1. The van der Waals surface area contributed by atoms with Gasteiger partial charge in [0.25, 0.3) is 0 Å². The quantitative estimate of drug-likeness (QED) is 0.588. The van der Waals surface area contributed by atoms with Gasteiger partial charge in [-0.25, -0.2) is 4.98 Å². The number of benzene rings is 1. The van der Waals surface area contributed by atoms with Crippen molar-refractivity contribution in [3.8, 4) is 11.8 Å². The van der Waals surface area contributed by atoms with E-state index in [0.29, 0.717) is 22.4 Å². The van der Waals surface area contributed by atoms with E-state index < -0.39 is 0 Å². The van der Waals surface area contributed by atoms with Crippen molar-refractivity contribution in [2.75, 3.05) is 0 Å². The highest BCUT2D eigenvalue weighted by atomic mass is 35.5. The SMILES string of the molecule is O=C(CC1CCCC1)c1cnc(C#Cc2cccc(Cl)c2)s1. The molecule has 0 amide bonds. The van der Waals surface area contributed by atoms with Crippen LogP contribution in [0.25, 0.3) is 0 Å². The fourth-order valence-corrected chi connectivity index (χ4v) is 3.64. The van der Waals surface area contributed by atoms with Crippen molar-refractivity contribution in [1.82, 2.24) is 4.98 Å². The molecule has 1 aromatic heterocycles. The number of halogens is 1. The van der Waals surface area contributed by atoms with E-state index in [1.165, 1.54) is 37.0 Å². The number of rotatable bonds is 3. The van der Waals surface area contributed by atoms with Crippen LogP contribution < -0.4 is 0 Å². The van der Waals surface area contributed by atoms with Crippen LogP contribution in [0.3, 0.4) is 0 Å². The monoisotopic (exact) mass is 329 g/mol. The number of carbonyl (C=O) groups is 1. The van der Waals surface area contributed by atoms with Gasteiger partial charge in [0.2, 0.25) is 0 Å². The van der Waals surface area contributed by atoms with Crippen molar-refractivity contribution in [2.24, 2.45) is 5.92 Å². The lowest BCUT2D eigenvalue weighted by Crippen LogP contribution is -2.03. The Morgan fingerprint density at radius 3 is 2.91 bits per heavy atom. The van der Waals surface area contributed by atoms with Crippen LogP contribution in [0.4, 0.5) is 0 Å². The molecule has 2 aromatic rings. The molecular formula is C18H16ClNOS. The summed E-state index contributed by atoms with van der Waals surface area (Å²) in [6, 6.07) is 7.40. The molecule has 0 atom stereocenters. The molecular weight excluding hydrogens is 314 g/mol. The second kappa shape index (κ2) is 7.09. The Kier molecular flexibility index (Phi) is 4.92. The Morgan fingerprint density at radius 2 is 2.14 bits per heavy atom. The topological polar surface area (TPSA) is 30.0 Å². The summed E-state index contributed by atoms with van der Waals surface area (Å²) in [4.78, 5) is 17.2. The first kappa shape index (κ1) is 15.3. The maximum absolute atomic E-state index is 12.2. The first-order valence-corrected chi connectivity index (χ1v) is 8.67. The summed E-state index contributed by atoms with van der Waals surface area (Å²) in [6.07, 6.45) is 7.21. The van der Waals surface area contributed by atoms with Gasteiger partial charge in [0.15, 0.2) is 10.8 Å². The van der Waals surface area contributed by atoms with Gasteiger partial charge in [0.05, 0.1) is 11.1 Å². The summed E-state index contributed by atoms with van der Waals surface area (Å²) in [5.74, 6) is 6.81. The Bertz CT molecular complexity index is 735. The van der Waals surface area contributed by atoms with Crippen LogP contribution in [-0.4, -0.2) is 10.8 Å². The lowest BCUT2D eigenvalue weighted by atomic mass is 10.0. The van der Waals surface area contributed by atoms with E-state index in [1.54, 1.807) is 6.20 Å². The molecule has 0 aliphatic heterocycles. The second-order valence-electron chi connectivity index (χ2n) is 5.57. The Balaban J connectivity index is 1.67. The molecule has 1 aliphatic carbocycles. The van der Waals surface area contributed by atoms with Crippen LogP contribution in [0.1, 0.15) is 52.3 Å². The van der Waals surface area contributed by atoms with Gasteiger partial charge in [0, 0.05) is 17.0 Å². The summed E-state index contributed by atoms with van der Waals surface area (Å²) in [5.41, 5.74) is 0.849. The van der Waals surface area contributed by atoms with E-state index in [2.05, 4.69) is 16.8 Å². The maximum Gasteiger partial charge on any atom is 0.174 e. The predicted octanol–water partition coefficient (Wildman–Crippen LogP) is 4.96. The first-order valence-electron chi connectivity index (χ1n) is 7.47. The van der Waals surface area contributed by atoms with Crippen LogP contribution in [0.15, 0.2) is 30.5 Å². The highest BCUT2D eigenvalue weighted by Crippen LogP contribution is 2.29. The van der Waals surface area contributed by atoms with Crippen molar-refractivity contribution in [1.29, 1.82) is 0 Å². The minimum atomic E-state index is 0.209. The van der Waals surface area contributed by atoms with Crippen molar-refractivity contribution >= 4 is 28.7 Å². The molecule has 1 aromatic carbocycles. The zero-order valence-electron chi connectivity index (χ0n) is 12.1.